The van der Waals surface area contributed by atoms with E-state index in [1.807, 2.05) is 6.07 Å². The largest absolute Gasteiger partial charge is 0.472 e. The minimum atomic E-state index is -0.123. The van der Waals surface area contributed by atoms with Crippen molar-refractivity contribution in [2.24, 2.45) is 11.8 Å². The molecule has 5 atom stereocenters. The van der Waals surface area contributed by atoms with Gasteiger partial charge in [0.25, 0.3) is 0 Å². The molecule has 0 bridgehead atoms. The Morgan fingerprint density at radius 2 is 2.29 bits per heavy atom. The van der Waals surface area contributed by atoms with Crippen molar-refractivity contribution in [1.82, 2.24) is 0 Å². The van der Waals surface area contributed by atoms with E-state index >= 15 is 0 Å². The molecule has 3 fully saturated rings. The van der Waals surface area contributed by atoms with Crippen molar-refractivity contribution >= 4 is 5.78 Å². The van der Waals surface area contributed by atoms with Crippen molar-refractivity contribution in [3.8, 4) is 0 Å². The van der Waals surface area contributed by atoms with Gasteiger partial charge in [0.05, 0.1) is 18.4 Å². The summed E-state index contributed by atoms with van der Waals surface area (Å²) in [7, 11) is 0. The van der Waals surface area contributed by atoms with Gasteiger partial charge in [-0.05, 0) is 24.8 Å². The number of carbonyl (C=O) groups excluding carboxylic acids is 1. The molecule has 2 aliphatic carbocycles. The fourth-order valence-electron chi connectivity index (χ4n) is 4.20. The third-order valence-electron chi connectivity index (χ3n) is 5.05. The van der Waals surface area contributed by atoms with E-state index in [4.69, 9.17) is 9.15 Å². The van der Waals surface area contributed by atoms with Gasteiger partial charge in [-0.15, -0.1) is 0 Å². The molecule has 2 saturated carbocycles. The Kier molecular flexibility index (Phi) is 1.76. The maximum Gasteiger partial charge on any atom is 0.172 e. The Labute approximate surface area is 100 Å². The van der Waals surface area contributed by atoms with Crippen LogP contribution in [-0.4, -0.2) is 17.5 Å². The molecular formula is C14H16O3. The summed E-state index contributed by atoms with van der Waals surface area (Å²) in [4.78, 5) is 12.4. The number of epoxide rings is 1. The predicted octanol–water partition coefficient (Wildman–Crippen LogP) is 2.52. The van der Waals surface area contributed by atoms with Gasteiger partial charge in [0.15, 0.2) is 5.78 Å². The van der Waals surface area contributed by atoms with Gasteiger partial charge in [-0.2, -0.15) is 0 Å². The first-order valence-corrected chi connectivity index (χ1v) is 6.49. The van der Waals surface area contributed by atoms with E-state index < -0.39 is 0 Å². The van der Waals surface area contributed by atoms with Crippen LogP contribution in [0, 0.1) is 11.8 Å². The van der Waals surface area contributed by atoms with Crippen LogP contribution in [0.5, 0.6) is 0 Å². The molecule has 17 heavy (non-hydrogen) atoms. The van der Waals surface area contributed by atoms with Crippen LogP contribution in [0.25, 0.3) is 0 Å². The fourth-order valence-corrected chi connectivity index (χ4v) is 4.20. The number of rotatable bonds is 1. The Balaban J connectivity index is 1.77. The van der Waals surface area contributed by atoms with E-state index in [2.05, 4.69) is 6.92 Å². The highest BCUT2D eigenvalue weighted by molar-refractivity contribution is 5.97. The summed E-state index contributed by atoms with van der Waals surface area (Å²) in [6, 6.07) is 1.93. The fraction of sp³-hybridized carbons (Fsp3) is 0.643. The van der Waals surface area contributed by atoms with Crippen LogP contribution in [0.15, 0.2) is 23.0 Å². The zero-order valence-electron chi connectivity index (χ0n) is 9.89. The zero-order valence-corrected chi connectivity index (χ0v) is 9.89. The first-order valence-electron chi connectivity index (χ1n) is 6.49. The summed E-state index contributed by atoms with van der Waals surface area (Å²) in [5.74, 6) is 1.20. The summed E-state index contributed by atoms with van der Waals surface area (Å²) >= 11 is 0. The zero-order chi connectivity index (χ0) is 11.6. The van der Waals surface area contributed by atoms with Gasteiger partial charge in [0.2, 0.25) is 0 Å². The lowest BCUT2D eigenvalue weighted by atomic mass is 9.70. The average molecular weight is 232 g/mol. The second-order valence-electron chi connectivity index (χ2n) is 5.73. The Morgan fingerprint density at radius 1 is 1.41 bits per heavy atom. The highest BCUT2D eigenvalue weighted by Gasteiger charge is 2.76. The molecule has 0 amide bonds. The molecular weight excluding hydrogens is 216 g/mol. The lowest BCUT2D eigenvalue weighted by Crippen LogP contribution is -2.36. The summed E-state index contributed by atoms with van der Waals surface area (Å²) in [6.45, 7) is 2.23. The van der Waals surface area contributed by atoms with Gasteiger partial charge >= 0.3 is 0 Å². The van der Waals surface area contributed by atoms with Crippen molar-refractivity contribution < 1.29 is 13.9 Å². The molecule has 0 N–H and O–H groups in total. The molecule has 0 radical (unpaired) electrons. The van der Waals surface area contributed by atoms with Crippen LogP contribution in [-0.2, 0) is 9.53 Å². The highest BCUT2D eigenvalue weighted by Crippen LogP contribution is 2.65. The molecule has 1 saturated heterocycles. The number of furan rings is 1. The highest BCUT2D eigenvalue weighted by atomic mass is 16.6. The Hall–Kier alpha value is -1.09. The lowest BCUT2D eigenvalue weighted by Gasteiger charge is -2.34. The number of ketones is 1. The van der Waals surface area contributed by atoms with Crippen molar-refractivity contribution in [3.63, 3.8) is 0 Å². The SMILES string of the molecule is C[C@@H]1CCC[C@H]2[C@H](c3ccoc3)C(=O)[C@H]3OC132. The van der Waals surface area contributed by atoms with Crippen LogP contribution in [0.2, 0.25) is 0 Å². The standard InChI is InChI=1S/C14H16O3/c1-8-3-2-4-10-11(9-5-6-16-7-9)12(15)13-14(8,10)17-13/h5-8,10-11,13H,2-4H2,1H3/t8-,10+,11+,13-,14?/m1/s1. The summed E-state index contributed by atoms with van der Waals surface area (Å²) in [6.07, 6.45) is 6.78. The molecule has 3 heteroatoms. The molecule has 1 spiro atoms. The van der Waals surface area contributed by atoms with E-state index in [0.29, 0.717) is 11.8 Å². The molecule has 1 aromatic heterocycles. The van der Waals surface area contributed by atoms with Crippen molar-refractivity contribution in [3.05, 3.63) is 24.2 Å². The van der Waals surface area contributed by atoms with Gasteiger partial charge in [0, 0.05) is 11.5 Å². The molecule has 1 aliphatic heterocycles. The minimum Gasteiger partial charge on any atom is -0.472 e. The number of Topliss-reactive ketones (excluding diaryl/α,β-unsaturated/α-hetero) is 1. The third-order valence-corrected chi connectivity index (χ3v) is 5.05. The van der Waals surface area contributed by atoms with Crippen LogP contribution in [0.3, 0.4) is 0 Å². The van der Waals surface area contributed by atoms with Crippen molar-refractivity contribution in [2.75, 3.05) is 0 Å². The second kappa shape index (κ2) is 3.02. The van der Waals surface area contributed by atoms with Gasteiger partial charge in [-0.3, -0.25) is 4.79 Å². The monoisotopic (exact) mass is 232 g/mol. The van der Waals surface area contributed by atoms with E-state index in [1.165, 1.54) is 12.8 Å². The van der Waals surface area contributed by atoms with Crippen LogP contribution < -0.4 is 0 Å². The molecule has 3 nitrogen and oxygen atoms in total. The van der Waals surface area contributed by atoms with Crippen LogP contribution in [0.1, 0.15) is 37.7 Å². The first-order chi connectivity index (χ1) is 8.25. The summed E-state index contributed by atoms with van der Waals surface area (Å²) < 4.78 is 11.0. The maximum atomic E-state index is 12.4. The second-order valence-corrected chi connectivity index (χ2v) is 5.73. The van der Waals surface area contributed by atoms with E-state index in [1.54, 1.807) is 12.5 Å². The van der Waals surface area contributed by atoms with Gasteiger partial charge in [0.1, 0.15) is 11.7 Å². The molecule has 90 valence electrons. The molecule has 1 unspecified atom stereocenters. The topological polar surface area (TPSA) is 42.7 Å². The maximum absolute atomic E-state index is 12.4. The number of carbonyl (C=O) groups is 1. The van der Waals surface area contributed by atoms with E-state index in [0.717, 1.165) is 12.0 Å². The molecule has 3 aliphatic rings. The molecule has 1 aromatic rings. The first kappa shape index (κ1) is 9.89. The predicted molar refractivity (Wildman–Crippen MR) is 60.6 cm³/mol. The molecule has 2 heterocycles. The van der Waals surface area contributed by atoms with Crippen molar-refractivity contribution in [1.29, 1.82) is 0 Å². The van der Waals surface area contributed by atoms with Gasteiger partial charge in [-0.1, -0.05) is 13.3 Å². The molecule has 0 aromatic carbocycles. The average Bonchev–Trinajstić information content (AvgIpc) is 2.71. The quantitative estimate of drug-likeness (QED) is 0.699. The summed E-state index contributed by atoms with van der Waals surface area (Å²) in [5, 5.41) is 0. The Morgan fingerprint density at radius 3 is 3.06 bits per heavy atom. The lowest BCUT2D eigenvalue weighted by molar-refractivity contribution is -0.123. The minimum absolute atomic E-state index is 0.0234. The number of hydrogen-bond donors (Lipinski definition) is 0. The Bertz CT molecular complexity index is 464. The third kappa shape index (κ3) is 1.04. The van der Waals surface area contributed by atoms with Crippen LogP contribution >= 0.6 is 0 Å². The van der Waals surface area contributed by atoms with E-state index in [9.17, 15) is 4.79 Å². The van der Waals surface area contributed by atoms with Gasteiger partial charge in [-0.25, -0.2) is 0 Å². The van der Waals surface area contributed by atoms with Gasteiger partial charge < -0.3 is 9.15 Å². The normalized spacial score (nSPS) is 47.7. The van der Waals surface area contributed by atoms with Crippen molar-refractivity contribution in [2.45, 2.75) is 43.8 Å². The van der Waals surface area contributed by atoms with Crippen LogP contribution in [0.4, 0.5) is 0 Å². The smallest absolute Gasteiger partial charge is 0.172 e. The number of hydrogen-bond acceptors (Lipinski definition) is 3. The van der Waals surface area contributed by atoms with E-state index in [-0.39, 0.29) is 23.4 Å². The molecule has 4 rings (SSSR count). The summed E-state index contributed by atoms with van der Waals surface area (Å²) in [5.41, 5.74) is 0.932. The number of ether oxygens (including phenoxy) is 1.